The Bertz CT molecular complexity index is 818. The molecule has 1 fully saturated rings. The second-order valence-corrected chi connectivity index (χ2v) is 7.08. The van der Waals surface area contributed by atoms with Crippen molar-refractivity contribution in [3.63, 3.8) is 0 Å². The minimum Gasteiger partial charge on any atom is -0.494 e. The van der Waals surface area contributed by atoms with E-state index < -0.39 is 0 Å². The lowest BCUT2D eigenvalue weighted by Gasteiger charge is -2.24. The van der Waals surface area contributed by atoms with Gasteiger partial charge in [0.05, 0.1) is 31.5 Å². The molecule has 3 N–H and O–H groups in total. The summed E-state index contributed by atoms with van der Waals surface area (Å²) in [6, 6.07) is 9.77. The monoisotopic (exact) mass is 528 g/mol. The summed E-state index contributed by atoms with van der Waals surface area (Å²) < 4.78 is 17.2. The van der Waals surface area contributed by atoms with Gasteiger partial charge in [0.1, 0.15) is 23.0 Å². The number of anilines is 1. The van der Waals surface area contributed by atoms with E-state index in [4.69, 9.17) is 19.6 Å². The zero-order chi connectivity index (χ0) is 20.6. The van der Waals surface area contributed by atoms with Crippen LogP contribution in [0.3, 0.4) is 0 Å². The van der Waals surface area contributed by atoms with Gasteiger partial charge in [0, 0.05) is 6.07 Å². The van der Waals surface area contributed by atoms with Gasteiger partial charge in [0.25, 0.3) is 0 Å². The number of hydrogen-bond acceptors (Lipinski definition) is 5. The Labute approximate surface area is 196 Å². The summed E-state index contributed by atoms with van der Waals surface area (Å²) in [5, 5.41) is 3.17. The third-order valence-corrected chi connectivity index (χ3v) is 4.93. The van der Waals surface area contributed by atoms with Gasteiger partial charge >= 0.3 is 0 Å². The topological polar surface area (TPSA) is 85.2 Å². The summed E-state index contributed by atoms with van der Waals surface area (Å²) in [7, 11) is 0. The zero-order valence-electron chi connectivity index (χ0n) is 18.0. The third kappa shape index (κ3) is 6.53. The van der Waals surface area contributed by atoms with Crippen molar-refractivity contribution in [2.75, 3.05) is 38.2 Å². The second kappa shape index (κ2) is 12.0. The van der Waals surface area contributed by atoms with Crippen molar-refractivity contribution >= 4 is 35.6 Å². The van der Waals surface area contributed by atoms with Crippen LogP contribution in [0.4, 0.5) is 5.69 Å². The Hall–Kier alpha value is -1.94. The van der Waals surface area contributed by atoms with E-state index in [9.17, 15) is 0 Å². The molecule has 7 nitrogen and oxygen atoms in total. The number of nitrogens with zero attached hydrogens (tertiary/aromatic N) is 2. The number of ether oxygens (including phenoxy) is 2. The van der Waals surface area contributed by atoms with E-state index in [1.54, 1.807) is 0 Å². The molecular formula is C22H33IN4O3. The predicted molar refractivity (Wildman–Crippen MR) is 131 cm³/mol. The fourth-order valence-corrected chi connectivity index (χ4v) is 3.58. The van der Waals surface area contributed by atoms with Crippen molar-refractivity contribution in [1.82, 2.24) is 4.90 Å². The van der Waals surface area contributed by atoms with Crippen LogP contribution >= 0.6 is 24.0 Å². The van der Waals surface area contributed by atoms with E-state index in [1.807, 2.05) is 51.1 Å². The molecular weight excluding hydrogens is 495 g/mol. The smallest absolute Gasteiger partial charge is 0.193 e. The van der Waals surface area contributed by atoms with Crippen molar-refractivity contribution < 1.29 is 13.9 Å². The van der Waals surface area contributed by atoms with Crippen LogP contribution in [0.1, 0.15) is 44.3 Å². The van der Waals surface area contributed by atoms with Crippen molar-refractivity contribution in [3.8, 4) is 11.5 Å². The molecule has 166 valence electrons. The summed E-state index contributed by atoms with van der Waals surface area (Å²) >= 11 is 0. The van der Waals surface area contributed by atoms with E-state index in [1.165, 1.54) is 12.8 Å². The van der Waals surface area contributed by atoms with E-state index in [-0.39, 0.29) is 30.0 Å². The van der Waals surface area contributed by atoms with Crippen LogP contribution in [0.5, 0.6) is 11.5 Å². The summed E-state index contributed by atoms with van der Waals surface area (Å²) in [6.07, 6.45) is 2.41. The summed E-state index contributed by atoms with van der Waals surface area (Å²) in [5.74, 6) is 3.66. The number of hydrogen-bond donors (Lipinski definition) is 2. The van der Waals surface area contributed by atoms with Gasteiger partial charge in [0.2, 0.25) is 0 Å². The molecule has 0 spiro atoms. The summed E-state index contributed by atoms with van der Waals surface area (Å²) in [6.45, 7) is 9.66. The van der Waals surface area contributed by atoms with Gasteiger partial charge < -0.3 is 24.9 Å². The van der Waals surface area contributed by atoms with Gasteiger partial charge in [-0.05, 0) is 71.0 Å². The molecule has 1 saturated heterocycles. The minimum atomic E-state index is 0. The lowest BCUT2D eigenvalue weighted by Crippen LogP contribution is -2.30. The van der Waals surface area contributed by atoms with E-state index >= 15 is 0 Å². The molecule has 1 aromatic heterocycles. The van der Waals surface area contributed by atoms with Crippen LogP contribution in [-0.2, 0) is 0 Å². The number of likely N-dealkylation sites (tertiary alicyclic amines) is 1. The molecule has 1 aliphatic heterocycles. The molecule has 0 aliphatic carbocycles. The number of guanidine groups is 1. The highest BCUT2D eigenvalue weighted by Gasteiger charge is 2.25. The fourth-order valence-electron chi connectivity index (χ4n) is 3.58. The molecule has 1 atom stereocenters. The molecule has 0 amide bonds. The Balaban J connectivity index is 0.00000320. The summed E-state index contributed by atoms with van der Waals surface area (Å²) in [5.41, 5.74) is 6.96. The largest absolute Gasteiger partial charge is 0.494 e. The van der Waals surface area contributed by atoms with Crippen molar-refractivity contribution in [1.29, 1.82) is 0 Å². The Morgan fingerprint density at radius 3 is 2.53 bits per heavy atom. The number of nitrogens with two attached hydrogens (primary N) is 1. The number of aryl methyl sites for hydroxylation is 1. The lowest BCUT2D eigenvalue weighted by molar-refractivity contribution is 0.219. The molecule has 3 rings (SSSR count). The van der Waals surface area contributed by atoms with Crippen LogP contribution in [0, 0.1) is 6.92 Å². The van der Waals surface area contributed by atoms with Crippen molar-refractivity contribution in [2.45, 2.75) is 39.7 Å². The van der Waals surface area contributed by atoms with Gasteiger partial charge in [-0.2, -0.15) is 0 Å². The number of halogens is 1. The van der Waals surface area contributed by atoms with E-state index in [2.05, 4.69) is 15.2 Å². The first-order valence-corrected chi connectivity index (χ1v) is 10.4. The Morgan fingerprint density at radius 1 is 1.17 bits per heavy atom. The zero-order valence-corrected chi connectivity index (χ0v) is 20.3. The van der Waals surface area contributed by atoms with Crippen LogP contribution in [0.25, 0.3) is 0 Å². The first kappa shape index (κ1) is 24.3. The van der Waals surface area contributed by atoms with Crippen molar-refractivity contribution in [2.24, 2.45) is 10.7 Å². The number of furan rings is 1. The van der Waals surface area contributed by atoms with Gasteiger partial charge in [-0.1, -0.05) is 0 Å². The molecule has 1 unspecified atom stereocenters. The molecule has 0 bridgehead atoms. The summed E-state index contributed by atoms with van der Waals surface area (Å²) in [4.78, 5) is 7.03. The predicted octanol–water partition coefficient (Wildman–Crippen LogP) is 4.57. The molecule has 0 radical (unpaired) electrons. The fraction of sp³-hybridized carbons (Fsp3) is 0.500. The Kier molecular flexibility index (Phi) is 9.77. The normalized spacial score (nSPS) is 15.5. The average Bonchev–Trinajstić information content (AvgIpc) is 3.37. The molecule has 0 saturated carbocycles. The number of rotatable bonds is 9. The number of benzene rings is 1. The SMILES string of the molecule is CCOc1ccc(OCC)c(NC(N)=NCC(c2ccc(C)o2)N2CCCC2)c1.I. The molecule has 1 aromatic carbocycles. The maximum absolute atomic E-state index is 6.22. The number of nitrogens with one attached hydrogen (secondary N) is 1. The molecule has 30 heavy (non-hydrogen) atoms. The number of aliphatic imine (C=N–C) groups is 1. The van der Waals surface area contributed by atoms with Crippen LogP contribution in [0.15, 0.2) is 39.7 Å². The van der Waals surface area contributed by atoms with Crippen molar-refractivity contribution in [3.05, 3.63) is 41.9 Å². The lowest BCUT2D eigenvalue weighted by atomic mass is 10.2. The van der Waals surface area contributed by atoms with Crippen LogP contribution in [0.2, 0.25) is 0 Å². The van der Waals surface area contributed by atoms with E-state index in [0.717, 1.165) is 36.0 Å². The van der Waals surface area contributed by atoms with Gasteiger partial charge in [-0.3, -0.25) is 9.89 Å². The highest BCUT2D eigenvalue weighted by Crippen LogP contribution is 2.30. The minimum absolute atomic E-state index is 0. The molecule has 1 aliphatic rings. The molecule has 8 heteroatoms. The Morgan fingerprint density at radius 2 is 1.90 bits per heavy atom. The van der Waals surface area contributed by atoms with Gasteiger partial charge in [-0.25, -0.2) is 0 Å². The first-order chi connectivity index (χ1) is 14.1. The quantitative estimate of drug-likeness (QED) is 0.282. The van der Waals surface area contributed by atoms with Gasteiger partial charge in [-0.15, -0.1) is 24.0 Å². The highest BCUT2D eigenvalue weighted by molar-refractivity contribution is 14.0. The third-order valence-electron chi connectivity index (χ3n) is 4.93. The highest BCUT2D eigenvalue weighted by atomic mass is 127. The first-order valence-electron chi connectivity index (χ1n) is 10.4. The van der Waals surface area contributed by atoms with Gasteiger partial charge in [0.15, 0.2) is 5.96 Å². The maximum Gasteiger partial charge on any atom is 0.193 e. The maximum atomic E-state index is 6.22. The van der Waals surface area contributed by atoms with Crippen LogP contribution < -0.4 is 20.5 Å². The average molecular weight is 528 g/mol. The second-order valence-electron chi connectivity index (χ2n) is 7.08. The van der Waals surface area contributed by atoms with Crippen LogP contribution in [-0.4, -0.2) is 43.7 Å². The molecule has 2 aromatic rings. The molecule has 2 heterocycles. The standard InChI is InChI=1S/C22H32N4O3.HI/c1-4-27-17-9-11-20(28-5-2)18(14-17)25-22(23)24-15-19(26-12-6-7-13-26)21-10-8-16(3)29-21;/h8-11,14,19H,4-7,12-13,15H2,1-3H3,(H3,23,24,25);1H. The van der Waals surface area contributed by atoms with E-state index in [0.29, 0.717) is 31.5 Å².